The molecule has 0 heterocycles. The first kappa shape index (κ1) is 16.2. The zero-order valence-electron chi connectivity index (χ0n) is 8.89. The Bertz CT molecular complexity index is 293. The van der Waals surface area contributed by atoms with E-state index in [0.29, 0.717) is 6.42 Å². The molecule has 0 spiro atoms. The van der Waals surface area contributed by atoms with Crippen LogP contribution < -0.4 is 0 Å². The SMILES string of the molecule is CCCC(OP(=O)(O)O)C(C)OP(=O)(O)O. The van der Waals surface area contributed by atoms with Crippen LogP contribution in [0.1, 0.15) is 26.7 Å². The zero-order chi connectivity index (χ0) is 13.0. The minimum Gasteiger partial charge on any atom is -0.303 e. The van der Waals surface area contributed by atoms with Gasteiger partial charge in [0.2, 0.25) is 0 Å². The van der Waals surface area contributed by atoms with Gasteiger partial charge in [-0.3, -0.25) is 9.05 Å². The molecule has 4 N–H and O–H groups in total. The van der Waals surface area contributed by atoms with Crippen molar-refractivity contribution in [2.75, 3.05) is 0 Å². The number of phosphoric acid groups is 2. The fourth-order valence-electron chi connectivity index (χ4n) is 1.12. The Balaban J connectivity index is 4.53. The Morgan fingerprint density at radius 3 is 1.81 bits per heavy atom. The summed E-state index contributed by atoms with van der Waals surface area (Å²) < 4.78 is 29.8. The van der Waals surface area contributed by atoms with Crippen molar-refractivity contribution in [2.45, 2.75) is 38.9 Å². The van der Waals surface area contributed by atoms with E-state index in [0.717, 1.165) is 0 Å². The molecule has 10 heteroatoms. The summed E-state index contributed by atoms with van der Waals surface area (Å²) in [4.78, 5) is 34.3. The molecular weight excluding hydrogens is 262 g/mol. The predicted molar refractivity (Wildman–Crippen MR) is 54.4 cm³/mol. The molecule has 0 aliphatic carbocycles. The van der Waals surface area contributed by atoms with E-state index in [1.165, 1.54) is 6.92 Å². The first-order chi connectivity index (χ1) is 7.05. The van der Waals surface area contributed by atoms with Crippen molar-refractivity contribution in [3.05, 3.63) is 0 Å². The third-order valence-corrected chi connectivity index (χ3v) is 2.83. The van der Waals surface area contributed by atoms with E-state index in [9.17, 15) is 9.13 Å². The highest BCUT2D eigenvalue weighted by molar-refractivity contribution is 7.46. The second-order valence-electron chi connectivity index (χ2n) is 3.22. The van der Waals surface area contributed by atoms with Crippen LogP contribution in [-0.4, -0.2) is 31.8 Å². The van der Waals surface area contributed by atoms with Gasteiger partial charge in [-0.05, 0) is 13.3 Å². The van der Waals surface area contributed by atoms with Gasteiger partial charge in [0.15, 0.2) is 0 Å². The lowest BCUT2D eigenvalue weighted by Gasteiger charge is -2.24. The molecule has 0 aliphatic rings. The summed E-state index contributed by atoms with van der Waals surface area (Å²) in [6.45, 7) is 3.01. The van der Waals surface area contributed by atoms with E-state index < -0.39 is 27.9 Å². The van der Waals surface area contributed by atoms with E-state index in [-0.39, 0.29) is 6.42 Å². The highest BCUT2D eigenvalue weighted by atomic mass is 31.2. The molecule has 2 unspecified atom stereocenters. The molecule has 98 valence electrons. The molecule has 0 aliphatic heterocycles. The Labute approximate surface area is 93.1 Å². The second-order valence-corrected chi connectivity index (χ2v) is 5.61. The number of hydrogen-bond donors (Lipinski definition) is 4. The summed E-state index contributed by atoms with van der Waals surface area (Å²) in [5.74, 6) is 0. The molecule has 0 amide bonds. The van der Waals surface area contributed by atoms with Gasteiger partial charge in [0.25, 0.3) is 0 Å². The van der Waals surface area contributed by atoms with Crippen LogP contribution in [0.4, 0.5) is 0 Å². The Morgan fingerprint density at radius 1 is 1.06 bits per heavy atom. The summed E-state index contributed by atoms with van der Waals surface area (Å²) in [5.41, 5.74) is 0. The normalized spacial score (nSPS) is 17.1. The van der Waals surface area contributed by atoms with Crippen molar-refractivity contribution >= 4 is 15.6 Å². The van der Waals surface area contributed by atoms with Crippen molar-refractivity contribution in [3.8, 4) is 0 Å². The standard InChI is InChI=1S/C6H16O8P2/c1-3-4-6(14-16(10,11)12)5(2)13-15(7,8)9/h5-6H,3-4H2,1-2H3,(H2,7,8,9)(H2,10,11,12). The minimum absolute atomic E-state index is 0.215. The fourth-order valence-corrected chi connectivity index (χ4v) is 2.32. The third-order valence-electron chi connectivity index (χ3n) is 1.67. The maximum Gasteiger partial charge on any atom is 0.469 e. The van der Waals surface area contributed by atoms with Crippen molar-refractivity contribution in [2.24, 2.45) is 0 Å². The van der Waals surface area contributed by atoms with Gasteiger partial charge in [-0.2, -0.15) is 0 Å². The van der Waals surface area contributed by atoms with E-state index >= 15 is 0 Å². The van der Waals surface area contributed by atoms with E-state index in [1.807, 2.05) is 0 Å². The predicted octanol–water partition coefficient (Wildman–Crippen LogP) is 0.762. The van der Waals surface area contributed by atoms with Crippen LogP contribution in [0.15, 0.2) is 0 Å². The maximum atomic E-state index is 10.6. The highest BCUT2D eigenvalue weighted by Gasteiger charge is 2.31. The summed E-state index contributed by atoms with van der Waals surface area (Å²) in [6.07, 6.45) is -1.45. The molecule has 0 aromatic carbocycles. The van der Waals surface area contributed by atoms with Gasteiger partial charge in [0.05, 0.1) is 12.2 Å². The van der Waals surface area contributed by atoms with E-state index in [1.54, 1.807) is 6.92 Å². The van der Waals surface area contributed by atoms with E-state index in [2.05, 4.69) is 9.05 Å². The Morgan fingerprint density at radius 2 is 1.50 bits per heavy atom. The van der Waals surface area contributed by atoms with Gasteiger partial charge in [0.1, 0.15) is 0 Å². The van der Waals surface area contributed by atoms with Crippen LogP contribution >= 0.6 is 15.6 Å². The molecule has 0 aromatic rings. The Hall–Kier alpha value is 0.220. The molecule has 0 bridgehead atoms. The number of phosphoric ester groups is 2. The molecule has 0 radical (unpaired) electrons. The summed E-state index contributed by atoms with van der Waals surface area (Å²) in [7, 11) is -9.40. The van der Waals surface area contributed by atoms with Crippen LogP contribution in [0.2, 0.25) is 0 Å². The highest BCUT2D eigenvalue weighted by Crippen LogP contribution is 2.43. The monoisotopic (exact) mass is 278 g/mol. The molecule has 0 fully saturated rings. The molecule has 0 aromatic heterocycles. The average molecular weight is 278 g/mol. The largest absolute Gasteiger partial charge is 0.469 e. The fraction of sp³-hybridized carbons (Fsp3) is 1.00. The summed E-state index contributed by atoms with van der Waals surface area (Å²) in [5, 5.41) is 0. The topological polar surface area (TPSA) is 134 Å². The third kappa shape index (κ3) is 8.38. The summed E-state index contributed by atoms with van der Waals surface area (Å²) in [6, 6.07) is 0. The molecule has 0 rings (SSSR count). The lowest BCUT2D eigenvalue weighted by molar-refractivity contribution is 0.0197. The van der Waals surface area contributed by atoms with Gasteiger partial charge >= 0.3 is 15.6 Å². The van der Waals surface area contributed by atoms with Crippen LogP contribution in [0, 0.1) is 0 Å². The van der Waals surface area contributed by atoms with Crippen molar-refractivity contribution in [3.63, 3.8) is 0 Å². The van der Waals surface area contributed by atoms with Crippen molar-refractivity contribution < 1.29 is 37.8 Å². The molecule has 2 atom stereocenters. The van der Waals surface area contributed by atoms with Crippen LogP contribution in [-0.2, 0) is 18.2 Å². The van der Waals surface area contributed by atoms with Crippen molar-refractivity contribution in [1.82, 2.24) is 0 Å². The molecule has 8 nitrogen and oxygen atoms in total. The van der Waals surface area contributed by atoms with Crippen LogP contribution in [0.5, 0.6) is 0 Å². The first-order valence-corrected chi connectivity index (χ1v) is 7.59. The van der Waals surface area contributed by atoms with Gasteiger partial charge in [-0.1, -0.05) is 13.3 Å². The minimum atomic E-state index is -4.70. The van der Waals surface area contributed by atoms with Crippen LogP contribution in [0.25, 0.3) is 0 Å². The van der Waals surface area contributed by atoms with Gasteiger partial charge in [0, 0.05) is 0 Å². The lowest BCUT2D eigenvalue weighted by atomic mass is 10.1. The summed E-state index contributed by atoms with van der Waals surface area (Å²) >= 11 is 0. The van der Waals surface area contributed by atoms with Gasteiger partial charge in [-0.15, -0.1) is 0 Å². The van der Waals surface area contributed by atoms with Gasteiger partial charge in [-0.25, -0.2) is 9.13 Å². The molecular formula is C6H16O8P2. The molecule has 0 saturated carbocycles. The van der Waals surface area contributed by atoms with Gasteiger partial charge < -0.3 is 19.6 Å². The Kier molecular flexibility index (Phi) is 6.32. The van der Waals surface area contributed by atoms with E-state index in [4.69, 9.17) is 19.6 Å². The molecule has 0 saturated heterocycles. The first-order valence-electron chi connectivity index (χ1n) is 4.53. The number of hydrogen-bond acceptors (Lipinski definition) is 4. The van der Waals surface area contributed by atoms with Crippen LogP contribution in [0.3, 0.4) is 0 Å². The molecule has 16 heavy (non-hydrogen) atoms. The smallest absolute Gasteiger partial charge is 0.303 e. The second kappa shape index (κ2) is 6.23. The quantitative estimate of drug-likeness (QED) is 0.501. The van der Waals surface area contributed by atoms with Crippen molar-refractivity contribution in [1.29, 1.82) is 0 Å². The zero-order valence-corrected chi connectivity index (χ0v) is 10.7. The lowest BCUT2D eigenvalue weighted by Crippen LogP contribution is -2.27. The average Bonchev–Trinajstić information content (AvgIpc) is 1.97. The number of rotatable bonds is 7. The maximum absolute atomic E-state index is 10.6.